The van der Waals surface area contributed by atoms with E-state index < -0.39 is 78.3 Å². The molecule has 200 valence electrons. The first-order chi connectivity index (χ1) is 16.7. The highest BCUT2D eigenvalue weighted by atomic mass is 16.6. The summed E-state index contributed by atoms with van der Waals surface area (Å²) in [6, 6.07) is -1.34. The third kappa shape index (κ3) is 9.70. The highest BCUT2D eigenvalue weighted by Crippen LogP contribution is 2.28. The Hall–Kier alpha value is -4.00. The van der Waals surface area contributed by atoms with Crippen LogP contribution >= 0.6 is 0 Å². The summed E-state index contributed by atoms with van der Waals surface area (Å²) in [5.41, 5.74) is 7.85. The molecule has 15 nitrogen and oxygen atoms in total. The number of carbonyl (C=O) groups excluding carboxylic acids is 5. The number of nitrogens with one attached hydrogen (secondary N) is 1. The second-order valence-electron chi connectivity index (χ2n) is 8.49. The largest absolute Gasteiger partial charge is 0.477 e. The van der Waals surface area contributed by atoms with Crippen LogP contribution < -0.4 is 5.32 Å². The molecule has 0 radical (unpaired) electrons. The summed E-state index contributed by atoms with van der Waals surface area (Å²) in [6.45, 7) is 7.52. The van der Waals surface area contributed by atoms with Crippen molar-refractivity contribution in [1.29, 1.82) is 0 Å². The molecule has 0 bridgehead atoms. The Morgan fingerprint density at radius 3 is 2.19 bits per heavy atom. The molecule has 0 saturated heterocycles. The van der Waals surface area contributed by atoms with Crippen molar-refractivity contribution in [1.82, 2.24) is 5.32 Å². The zero-order valence-corrected chi connectivity index (χ0v) is 21.0. The van der Waals surface area contributed by atoms with E-state index in [1.807, 2.05) is 0 Å². The lowest BCUT2D eigenvalue weighted by molar-refractivity contribution is -0.184. The highest BCUT2D eigenvalue weighted by Gasteiger charge is 2.49. The first-order valence-electron chi connectivity index (χ1n) is 10.7. The van der Waals surface area contributed by atoms with E-state index in [2.05, 4.69) is 20.1 Å². The molecule has 0 aromatic rings. The van der Waals surface area contributed by atoms with E-state index in [0.717, 1.165) is 34.0 Å². The normalized spacial score (nSPS) is 20.6. The first-order valence-corrected chi connectivity index (χ1v) is 10.7. The third-order valence-electron chi connectivity index (χ3n) is 4.29. The molecule has 1 rings (SSSR count). The summed E-state index contributed by atoms with van der Waals surface area (Å²) in [5, 5.41) is 5.85. The second kappa shape index (κ2) is 13.2. The van der Waals surface area contributed by atoms with Crippen molar-refractivity contribution in [3.8, 4) is 0 Å². The van der Waals surface area contributed by atoms with Crippen LogP contribution in [-0.2, 0) is 47.6 Å². The molecule has 0 spiro atoms. The molecule has 1 aliphatic rings. The summed E-state index contributed by atoms with van der Waals surface area (Å²) in [7, 11) is 1.07. The van der Waals surface area contributed by atoms with E-state index in [9.17, 15) is 24.0 Å². The van der Waals surface area contributed by atoms with Gasteiger partial charge in [0.25, 0.3) is 0 Å². The highest BCUT2D eigenvalue weighted by molar-refractivity contribution is 5.86. The summed E-state index contributed by atoms with van der Waals surface area (Å²) in [4.78, 5) is 63.1. The second-order valence-corrected chi connectivity index (χ2v) is 8.49. The van der Waals surface area contributed by atoms with E-state index in [1.165, 1.54) is 0 Å². The smallest absolute Gasteiger partial charge is 0.408 e. The standard InChI is InChI=1S/C21H30N4O11/c1-10(26)32-13-8-14(19(29)31-7)35-18(16(13)24-20(30)36-21(4,5)6)17(34-12(3)28)15(9-23-25-22)33-11(2)27/h8,13,15-18H,9H2,1-7H3,(H,24,30)/t13-,15+,16+,17-,18+/m0/s1. The molecule has 1 heterocycles. The Morgan fingerprint density at radius 1 is 1.11 bits per heavy atom. The first kappa shape index (κ1) is 30.0. The quantitative estimate of drug-likeness (QED) is 0.153. The van der Waals surface area contributed by atoms with Crippen LogP contribution in [-0.4, -0.2) is 79.7 Å². The maximum absolute atomic E-state index is 12.6. The van der Waals surface area contributed by atoms with Gasteiger partial charge in [-0.1, -0.05) is 5.11 Å². The molecule has 0 fully saturated rings. The number of methoxy groups -OCH3 is 1. The van der Waals surface area contributed by atoms with E-state index in [-0.39, 0.29) is 0 Å². The van der Waals surface area contributed by atoms with Crippen molar-refractivity contribution in [2.45, 2.75) is 77.6 Å². The van der Waals surface area contributed by atoms with Crippen LogP contribution in [0.5, 0.6) is 0 Å². The van der Waals surface area contributed by atoms with Gasteiger partial charge < -0.3 is 33.7 Å². The van der Waals surface area contributed by atoms with Gasteiger partial charge >= 0.3 is 30.0 Å². The fraction of sp³-hybridized carbons (Fsp3) is 0.667. The van der Waals surface area contributed by atoms with Crippen molar-refractivity contribution in [3.05, 3.63) is 22.3 Å². The number of ether oxygens (including phenoxy) is 6. The van der Waals surface area contributed by atoms with Crippen LogP contribution in [0.25, 0.3) is 10.4 Å². The Bertz CT molecular complexity index is 933. The minimum absolute atomic E-state index is 0.446. The molecule has 1 aliphatic heterocycles. The van der Waals surface area contributed by atoms with Crippen LogP contribution in [0.1, 0.15) is 41.5 Å². The molecule has 1 amide bonds. The maximum atomic E-state index is 12.6. The predicted octanol–water partition coefficient (Wildman–Crippen LogP) is 1.44. The Morgan fingerprint density at radius 2 is 1.72 bits per heavy atom. The molecule has 0 saturated carbocycles. The van der Waals surface area contributed by atoms with Gasteiger partial charge in [0.2, 0.25) is 5.76 Å². The van der Waals surface area contributed by atoms with Gasteiger partial charge in [-0.15, -0.1) is 0 Å². The average Bonchev–Trinajstić information content (AvgIpc) is 2.73. The molecule has 1 N–H and O–H groups in total. The molecule has 0 unspecified atom stereocenters. The Labute approximate surface area is 207 Å². The SMILES string of the molecule is COC(=O)C1=C[C@H](OC(C)=O)[C@@H](NC(=O)OC(C)(C)C)[C@H]([C@@H](OC(C)=O)[C@@H](CN=[N+]=[N-])OC(C)=O)O1. The number of hydrogen-bond donors (Lipinski definition) is 1. The van der Waals surface area contributed by atoms with Gasteiger partial charge in [0, 0.05) is 31.8 Å². The van der Waals surface area contributed by atoms with Gasteiger partial charge in [-0.3, -0.25) is 14.4 Å². The monoisotopic (exact) mass is 514 g/mol. The minimum atomic E-state index is -1.57. The lowest BCUT2D eigenvalue weighted by atomic mass is 9.93. The topological polar surface area (TPSA) is 202 Å². The third-order valence-corrected chi connectivity index (χ3v) is 4.29. The van der Waals surface area contributed by atoms with Crippen LogP contribution in [0.15, 0.2) is 16.9 Å². The summed E-state index contributed by atoms with van der Waals surface area (Å²) >= 11 is 0. The van der Waals surface area contributed by atoms with E-state index >= 15 is 0 Å². The molecule has 5 atom stereocenters. The number of esters is 4. The molecule has 36 heavy (non-hydrogen) atoms. The van der Waals surface area contributed by atoms with Crippen molar-refractivity contribution in [2.75, 3.05) is 13.7 Å². The van der Waals surface area contributed by atoms with Gasteiger partial charge in [-0.2, -0.15) is 0 Å². The van der Waals surface area contributed by atoms with Gasteiger partial charge in [0.1, 0.15) is 23.9 Å². The van der Waals surface area contributed by atoms with E-state index in [1.54, 1.807) is 20.8 Å². The van der Waals surface area contributed by atoms with Crippen LogP contribution in [0.3, 0.4) is 0 Å². The van der Waals surface area contributed by atoms with E-state index in [0.29, 0.717) is 0 Å². The summed E-state index contributed by atoms with van der Waals surface area (Å²) < 4.78 is 31.5. The Kier molecular flexibility index (Phi) is 11.0. The van der Waals surface area contributed by atoms with Crippen LogP contribution in [0, 0.1) is 0 Å². The number of carbonyl (C=O) groups is 5. The number of azide groups is 1. The molecule has 15 heteroatoms. The van der Waals surface area contributed by atoms with Crippen molar-refractivity contribution < 1.29 is 52.4 Å². The van der Waals surface area contributed by atoms with E-state index in [4.69, 9.17) is 29.2 Å². The number of nitrogens with zero attached hydrogens (tertiary/aromatic N) is 3. The molecule has 0 aliphatic carbocycles. The number of rotatable bonds is 9. The number of amides is 1. The summed E-state index contributed by atoms with van der Waals surface area (Å²) in [6.07, 6.45) is -5.74. The molecule has 0 aromatic heterocycles. The number of hydrogen-bond acceptors (Lipinski definition) is 12. The lowest BCUT2D eigenvalue weighted by Gasteiger charge is -2.41. The number of alkyl carbamates (subject to hydrolysis) is 1. The predicted molar refractivity (Wildman–Crippen MR) is 119 cm³/mol. The fourth-order valence-corrected chi connectivity index (χ4v) is 3.18. The Balaban J connectivity index is 3.68. The van der Waals surface area contributed by atoms with Gasteiger partial charge in [0.05, 0.1) is 13.7 Å². The molecular formula is C21H30N4O11. The van der Waals surface area contributed by atoms with Gasteiger partial charge in [0.15, 0.2) is 12.2 Å². The maximum Gasteiger partial charge on any atom is 0.408 e. The van der Waals surface area contributed by atoms with Crippen LogP contribution in [0.4, 0.5) is 4.79 Å². The zero-order valence-electron chi connectivity index (χ0n) is 21.0. The van der Waals surface area contributed by atoms with Crippen molar-refractivity contribution >= 4 is 30.0 Å². The minimum Gasteiger partial charge on any atom is -0.477 e. The zero-order chi connectivity index (χ0) is 27.6. The molecule has 0 aromatic carbocycles. The van der Waals surface area contributed by atoms with Crippen molar-refractivity contribution in [2.24, 2.45) is 5.11 Å². The van der Waals surface area contributed by atoms with Gasteiger partial charge in [-0.05, 0) is 26.3 Å². The van der Waals surface area contributed by atoms with Gasteiger partial charge in [-0.25, -0.2) is 9.59 Å². The molecular weight excluding hydrogens is 484 g/mol. The average molecular weight is 514 g/mol. The van der Waals surface area contributed by atoms with Crippen LogP contribution in [0.2, 0.25) is 0 Å². The summed E-state index contributed by atoms with van der Waals surface area (Å²) in [5.74, 6) is -3.90. The fourth-order valence-electron chi connectivity index (χ4n) is 3.18. The van der Waals surface area contributed by atoms with Crippen molar-refractivity contribution in [3.63, 3.8) is 0 Å². The lowest BCUT2D eigenvalue weighted by Crippen LogP contribution is -2.62.